The zero-order valence-corrected chi connectivity index (χ0v) is 31.4. The molecule has 0 amide bonds. The van der Waals surface area contributed by atoms with Crippen LogP contribution in [-0.4, -0.2) is 24.1 Å². The first-order valence-corrected chi connectivity index (χ1v) is 19.9. The summed E-state index contributed by atoms with van der Waals surface area (Å²) in [5.41, 5.74) is 9.91. The van der Waals surface area contributed by atoms with Crippen LogP contribution < -0.4 is 0 Å². The Morgan fingerprint density at radius 3 is 1.56 bits per heavy atom. The molecule has 0 aliphatic carbocycles. The van der Waals surface area contributed by atoms with Crippen molar-refractivity contribution in [2.75, 3.05) is 0 Å². The van der Waals surface area contributed by atoms with Gasteiger partial charge in [-0.1, -0.05) is 133 Å². The molecule has 266 valence electrons. The minimum Gasteiger partial charge on any atom is -0.309 e. The van der Waals surface area contributed by atoms with Gasteiger partial charge in [0.1, 0.15) is 0 Å². The maximum absolute atomic E-state index is 5.08. The van der Waals surface area contributed by atoms with Gasteiger partial charge in [-0.3, -0.25) is 0 Å². The fraction of sp³-hybridized carbons (Fsp3) is 0. The summed E-state index contributed by atoms with van der Waals surface area (Å²) < 4.78 is 7.40. The lowest BCUT2D eigenvalue weighted by Gasteiger charge is -2.10. The molecule has 0 saturated heterocycles. The monoisotopic (exact) mass is 745 g/mol. The van der Waals surface area contributed by atoms with Crippen molar-refractivity contribution in [2.24, 2.45) is 0 Å². The Balaban J connectivity index is 1.13. The van der Waals surface area contributed by atoms with Crippen LogP contribution in [-0.2, 0) is 0 Å². The molecule has 0 atom stereocenters. The van der Waals surface area contributed by atoms with E-state index >= 15 is 0 Å². The van der Waals surface area contributed by atoms with Crippen LogP contribution in [0.1, 0.15) is 0 Å². The zero-order valence-electron chi connectivity index (χ0n) is 30.5. The van der Waals surface area contributed by atoms with Crippen molar-refractivity contribution in [1.29, 1.82) is 0 Å². The SMILES string of the molecule is c1ccc(-c2nc(-c3ccccc3)nc(-c3ccc4c(c3)c3ccc5c(sc6cccc(-n7c8ccccc8c8ccccc87)c65)c3n4-c3ccccc3)n2)cc1. The van der Waals surface area contributed by atoms with Crippen LogP contribution in [0.3, 0.4) is 0 Å². The number of fused-ring (bicyclic) bond motifs is 10. The van der Waals surface area contributed by atoms with E-state index in [2.05, 4.69) is 137 Å². The summed E-state index contributed by atoms with van der Waals surface area (Å²) in [6.07, 6.45) is 0. The number of rotatable bonds is 5. The lowest BCUT2D eigenvalue weighted by molar-refractivity contribution is 1.07. The molecule has 0 radical (unpaired) electrons. The van der Waals surface area contributed by atoms with Gasteiger partial charge in [0.25, 0.3) is 0 Å². The van der Waals surface area contributed by atoms with Gasteiger partial charge in [0.05, 0.1) is 32.5 Å². The van der Waals surface area contributed by atoms with Crippen molar-refractivity contribution in [3.63, 3.8) is 0 Å². The number of para-hydroxylation sites is 3. The first kappa shape index (κ1) is 31.9. The van der Waals surface area contributed by atoms with Crippen molar-refractivity contribution in [2.45, 2.75) is 0 Å². The summed E-state index contributed by atoms with van der Waals surface area (Å²) in [6, 6.07) is 66.6. The van der Waals surface area contributed by atoms with Crippen LogP contribution in [0.2, 0.25) is 0 Å². The van der Waals surface area contributed by atoms with Crippen molar-refractivity contribution in [1.82, 2.24) is 24.1 Å². The van der Waals surface area contributed by atoms with Gasteiger partial charge in [0, 0.05) is 59.4 Å². The van der Waals surface area contributed by atoms with Gasteiger partial charge in [-0.05, 0) is 54.6 Å². The van der Waals surface area contributed by atoms with E-state index < -0.39 is 0 Å². The highest BCUT2D eigenvalue weighted by Crippen LogP contribution is 2.46. The summed E-state index contributed by atoms with van der Waals surface area (Å²) in [5, 5.41) is 7.38. The molecule has 0 saturated carbocycles. The van der Waals surface area contributed by atoms with E-state index in [0.717, 1.165) is 33.3 Å². The quantitative estimate of drug-likeness (QED) is 0.176. The second-order valence-electron chi connectivity index (χ2n) is 14.4. The Morgan fingerprint density at radius 1 is 0.368 bits per heavy atom. The molecule has 0 N–H and O–H groups in total. The lowest BCUT2D eigenvalue weighted by Crippen LogP contribution is -2.00. The van der Waals surface area contributed by atoms with Gasteiger partial charge in [-0.25, -0.2) is 15.0 Å². The normalized spacial score (nSPS) is 11.9. The fourth-order valence-electron chi connectivity index (χ4n) is 8.65. The van der Waals surface area contributed by atoms with E-state index in [9.17, 15) is 0 Å². The molecule has 0 spiro atoms. The first-order chi connectivity index (χ1) is 28.3. The second-order valence-corrected chi connectivity index (χ2v) is 15.5. The van der Waals surface area contributed by atoms with Gasteiger partial charge < -0.3 is 9.13 Å². The van der Waals surface area contributed by atoms with Crippen LogP contribution in [0, 0.1) is 0 Å². The van der Waals surface area contributed by atoms with E-state index in [-0.39, 0.29) is 0 Å². The molecule has 6 heteroatoms. The predicted octanol–water partition coefficient (Wildman–Crippen LogP) is 13.4. The maximum Gasteiger partial charge on any atom is 0.164 e. The minimum atomic E-state index is 0.643. The highest BCUT2D eigenvalue weighted by atomic mass is 32.1. The number of nitrogens with zero attached hydrogens (tertiary/aromatic N) is 5. The topological polar surface area (TPSA) is 48.5 Å². The summed E-state index contributed by atoms with van der Waals surface area (Å²) in [6.45, 7) is 0. The molecular weight excluding hydrogens is 715 g/mol. The minimum absolute atomic E-state index is 0.643. The zero-order chi connectivity index (χ0) is 37.5. The van der Waals surface area contributed by atoms with Gasteiger partial charge >= 0.3 is 0 Å². The molecule has 0 unspecified atom stereocenters. The van der Waals surface area contributed by atoms with Gasteiger partial charge in [-0.2, -0.15) is 0 Å². The molecule has 5 nitrogen and oxygen atoms in total. The molecule has 12 rings (SSSR count). The van der Waals surface area contributed by atoms with E-state index in [1.165, 1.54) is 58.6 Å². The third kappa shape index (κ3) is 4.91. The van der Waals surface area contributed by atoms with Crippen molar-refractivity contribution < 1.29 is 0 Å². The van der Waals surface area contributed by atoms with E-state index in [1.54, 1.807) is 0 Å². The lowest BCUT2D eigenvalue weighted by atomic mass is 10.1. The van der Waals surface area contributed by atoms with Crippen LogP contribution in [0.5, 0.6) is 0 Å². The molecule has 4 heterocycles. The summed E-state index contributed by atoms with van der Waals surface area (Å²) in [5.74, 6) is 1.94. The third-order valence-corrected chi connectivity index (χ3v) is 12.3. The van der Waals surface area contributed by atoms with Gasteiger partial charge in [0.2, 0.25) is 0 Å². The number of thiophene rings is 1. The smallest absolute Gasteiger partial charge is 0.164 e. The molecule has 0 aliphatic heterocycles. The van der Waals surface area contributed by atoms with Crippen LogP contribution in [0.4, 0.5) is 0 Å². The molecule has 57 heavy (non-hydrogen) atoms. The average molecular weight is 746 g/mol. The van der Waals surface area contributed by atoms with Crippen molar-refractivity contribution in [3.05, 3.63) is 188 Å². The Hall–Kier alpha value is -7.41. The van der Waals surface area contributed by atoms with E-state index in [1.807, 2.05) is 72.0 Å². The molecule has 4 aromatic heterocycles. The average Bonchev–Trinajstić information content (AvgIpc) is 3.95. The van der Waals surface area contributed by atoms with Crippen LogP contribution in [0.15, 0.2) is 188 Å². The third-order valence-electron chi connectivity index (χ3n) is 11.2. The number of hydrogen-bond acceptors (Lipinski definition) is 4. The molecule has 0 aliphatic rings. The Kier molecular flexibility index (Phi) is 7.03. The highest BCUT2D eigenvalue weighted by Gasteiger charge is 2.22. The molecule has 0 bridgehead atoms. The fourth-order valence-corrected chi connectivity index (χ4v) is 9.91. The predicted molar refractivity (Wildman–Crippen MR) is 238 cm³/mol. The highest BCUT2D eigenvalue weighted by molar-refractivity contribution is 7.26. The molecule has 12 aromatic rings. The Morgan fingerprint density at radius 2 is 0.912 bits per heavy atom. The van der Waals surface area contributed by atoms with Crippen molar-refractivity contribution >= 4 is 75.1 Å². The largest absolute Gasteiger partial charge is 0.309 e. The summed E-state index contributed by atoms with van der Waals surface area (Å²) in [4.78, 5) is 15.1. The van der Waals surface area contributed by atoms with Crippen LogP contribution in [0.25, 0.3) is 109 Å². The Bertz CT molecular complexity index is 3400. The summed E-state index contributed by atoms with van der Waals surface area (Å²) in [7, 11) is 0. The van der Waals surface area contributed by atoms with E-state index in [4.69, 9.17) is 15.0 Å². The molecular formula is C51H31N5S. The number of hydrogen-bond donors (Lipinski definition) is 0. The second kappa shape index (κ2) is 12.6. The molecule has 0 fully saturated rings. The van der Waals surface area contributed by atoms with Crippen LogP contribution >= 0.6 is 11.3 Å². The molecule has 8 aromatic carbocycles. The van der Waals surface area contributed by atoms with Crippen molar-refractivity contribution in [3.8, 4) is 45.5 Å². The first-order valence-electron chi connectivity index (χ1n) is 19.1. The van der Waals surface area contributed by atoms with Gasteiger partial charge in [0.15, 0.2) is 17.5 Å². The number of aromatic nitrogens is 5. The maximum atomic E-state index is 5.08. The Labute approximate surface area is 331 Å². The summed E-state index contributed by atoms with van der Waals surface area (Å²) >= 11 is 1.87. The van der Waals surface area contributed by atoms with Gasteiger partial charge in [-0.15, -0.1) is 11.3 Å². The standard InChI is InChI=1S/C51H31N5S/c1-4-15-32(16-5-1)49-52-50(33-17-6-2-7-18-33)54-51(53-49)34-27-30-43-40(31-34)38-28-29-39-46-44(56-41-23-12-10-21-36(41)37-22-11-13-24-42(37)56)25-14-26-45(46)57-48(39)47(38)55(43)35-19-8-3-9-20-35/h1-31H. The number of benzene rings is 8. The van der Waals surface area contributed by atoms with E-state index in [0.29, 0.717) is 17.5 Å².